The highest BCUT2D eigenvalue weighted by Crippen LogP contribution is 2.51. The van der Waals surface area contributed by atoms with E-state index in [2.05, 4.69) is 25.7 Å². The Morgan fingerprint density at radius 3 is 2.40 bits per heavy atom. The maximum Gasteiger partial charge on any atom is 0.142 e. The molecule has 1 atom stereocenters. The maximum absolute atomic E-state index is 9.42. The zero-order valence-corrected chi connectivity index (χ0v) is 13.1. The van der Waals surface area contributed by atoms with E-state index >= 15 is 0 Å². The second-order valence-electron chi connectivity index (χ2n) is 6.03. The summed E-state index contributed by atoms with van der Waals surface area (Å²) in [5.41, 5.74) is 2.22. The third-order valence-corrected chi connectivity index (χ3v) is 4.20. The molecule has 1 aromatic rings. The van der Waals surface area contributed by atoms with Crippen molar-refractivity contribution in [2.75, 3.05) is 32.3 Å². The molecule has 0 saturated heterocycles. The van der Waals surface area contributed by atoms with Gasteiger partial charge in [-0.25, -0.2) is 0 Å². The summed E-state index contributed by atoms with van der Waals surface area (Å²) in [6.07, 6.45) is 1.02. The Morgan fingerprint density at radius 2 is 1.85 bits per heavy atom. The van der Waals surface area contributed by atoms with Crippen molar-refractivity contribution >= 4 is 5.69 Å². The van der Waals surface area contributed by atoms with Crippen LogP contribution >= 0.6 is 0 Å². The number of β-amino-alcohol motifs (C(OH)–C–C–N with tert-alkyl or cyclic N) is 1. The number of aliphatic hydroxyl groups excluding tert-OH is 1. The molecule has 0 amide bonds. The second kappa shape index (κ2) is 5.52. The number of methoxy groups -OCH3 is 2. The zero-order valence-electron chi connectivity index (χ0n) is 13.1. The van der Waals surface area contributed by atoms with Gasteiger partial charge in [-0.3, -0.25) is 0 Å². The number of hydrogen-bond acceptors (Lipinski definition) is 4. The average molecular weight is 279 g/mol. The van der Waals surface area contributed by atoms with Gasteiger partial charge in [-0.2, -0.15) is 0 Å². The fourth-order valence-corrected chi connectivity index (χ4v) is 3.45. The summed E-state index contributed by atoms with van der Waals surface area (Å²) in [6, 6.07) is 3.90. The van der Waals surface area contributed by atoms with Gasteiger partial charge in [-0.15, -0.1) is 0 Å². The van der Waals surface area contributed by atoms with Crippen LogP contribution in [0.25, 0.3) is 0 Å². The largest absolute Gasteiger partial charge is 0.496 e. The molecule has 20 heavy (non-hydrogen) atoms. The molecule has 2 rings (SSSR count). The van der Waals surface area contributed by atoms with E-state index in [1.807, 2.05) is 12.1 Å². The maximum atomic E-state index is 9.42. The minimum atomic E-state index is -0.0191. The molecule has 0 bridgehead atoms. The third kappa shape index (κ3) is 2.33. The van der Waals surface area contributed by atoms with Gasteiger partial charge < -0.3 is 19.5 Å². The molecule has 0 saturated carbocycles. The van der Waals surface area contributed by atoms with Crippen molar-refractivity contribution in [3.63, 3.8) is 0 Å². The van der Waals surface area contributed by atoms with Gasteiger partial charge in [-0.05, 0) is 38.3 Å². The summed E-state index contributed by atoms with van der Waals surface area (Å²) in [5.74, 6) is 2.13. The van der Waals surface area contributed by atoms with Crippen LogP contribution in [0, 0.1) is 0 Å². The quantitative estimate of drug-likeness (QED) is 0.920. The molecule has 1 aromatic carbocycles. The monoisotopic (exact) mass is 279 g/mol. The average Bonchev–Trinajstić information content (AvgIpc) is 2.41. The standard InChI is InChI=1S/C16H25NO3/c1-11-10-16(2,3)17(8-9-18)15-13(20-5)7-6-12(19-4)14(11)15/h6-7,11,18H,8-10H2,1-5H3. The summed E-state index contributed by atoms with van der Waals surface area (Å²) in [4.78, 5) is 2.24. The van der Waals surface area contributed by atoms with Crippen LogP contribution in [0.2, 0.25) is 0 Å². The van der Waals surface area contributed by atoms with Crippen molar-refractivity contribution in [3.8, 4) is 11.5 Å². The Hall–Kier alpha value is -1.42. The van der Waals surface area contributed by atoms with E-state index in [0.29, 0.717) is 12.5 Å². The van der Waals surface area contributed by atoms with E-state index in [1.165, 1.54) is 5.56 Å². The first-order valence-corrected chi connectivity index (χ1v) is 7.09. The number of rotatable bonds is 4. The van der Waals surface area contributed by atoms with Crippen molar-refractivity contribution in [1.82, 2.24) is 0 Å². The Labute approximate surface area is 121 Å². The smallest absolute Gasteiger partial charge is 0.142 e. The van der Waals surface area contributed by atoms with Gasteiger partial charge in [0.15, 0.2) is 0 Å². The van der Waals surface area contributed by atoms with Gasteiger partial charge in [0, 0.05) is 17.6 Å². The molecule has 1 aliphatic heterocycles. The second-order valence-corrected chi connectivity index (χ2v) is 6.03. The van der Waals surface area contributed by atoms with Crippen LogP contribution in [-0.4, -0.2) is 38.0 Å². The third-order valence-electron chi connectivity index (χ3n) is 4.20. The predicted molar refractivity (Wildman–Crippen MR) is 81.1 cm³/mol. The summed E-state index contributed by atoms with van der Waals surface area (Å²) < 4.78 is 11.1. The van der Waals surface area contributed by atoms with E-state index in [-0.39, 0.29) is 12.1 Å². The fourth-order valence-electron chi connectivity index (χ4n) is 3.45. The van der Waals surface area contributed by atoms with Crippen LogP contribution in [0.15, 0.2) is 12.1 Å². The van der Waals surface area contributed by atoms with Crippen LogP contribution in [0.1, 0.15) is 38.7 Å². The molecular weight excluding hydrogens is 254 g/mol. The lowest BCUT2D eigenvalue weighted by molar-refractivity contribution is 0.273. The predicted octanol–water partition coefficient (Wildman–Crippen LogP) is 2.79. The highest BCUT2D eigenvalue weighted by atomic mass is 16.5. The van der Waals surface area contributed by atoms with Crippen LogP contribution in [-0.2, 0) is 0 Å². The molecule has 0 aromatic heterocycles. The van der Waals surface area contributed by atoms with Gasteiger partial charge in [-0.1, -0.05) is 6.92 Å². The van der Waals surface area contributed by atoms with E-state index in [9.17, 15) is 5.11 Å². The van der Waals surface area contributed by atoms with Crippen molar-refractivity contribution in [3.05, 3.63) is 17.7 Å². The number of ether oxygens (including phenoxy) is 2. The zero-order chi connectivity index (χ0) is 14.9. The Kier molecular flexibility index (Phi) is 4.14. The lowest BCUT2D eigenvalue weighted by Gasteiger charge is -2.48. The first kappa shape index (κ1) is 15.0. The number of hydrogen-bond donors (Lipinski definition) is 1. The fraction of sp³-hybridized carbons (Fsp3) is 0.625. The molecule has 4 nitrogen and oxygen atoms in total. The van der Waals surface area contributed by atoms with Gasteiger partial charge in [0.2, 0.25) is 0 Å². The Morgan fingerprint density at radius 1 is 1.25 bits per heavy atom. The summed E-state index contributed by atoms with van der Waals surface area (Å²) in [5, 5.41) is 9.42. The molecule has 1 aliphatic rings. The summed E-state index contributed by atoms with van der Waals surface area (Å²) in [7, 11) is 3.39. The molecule has 4 heteroatoms. The topological polar surface area (TPSA) is 41.9 Å². The number of anilines is 1. The molecular formula is C16H25NO3. The highest BCUT2D eigenvalue weighted by molar-refractivity contribution is 5.72. The van der Waals surface area contributed by atoms with E-state index in [1.54, 1.807) is 14.2 Å². The number of benzene rings is 1. The number of aliphatic hydroxyl groups is 1. The first-order chi connectivity index (χ1) is 9.46. The summed E-state index contributed by atoms with van der Waals surface area (Å²) in [6.45, 7) is 7.36. The number of nitrogens with zero attached hydrogens (tertiary/aromatic N) is 1. The molecule has 0 spiro atoms. The lowest BCUT2D eigenvalue weighted by atomic mass is 9.79. The Bertz CT molecular complexity index is 485. The molecule has 0 radical (unpaired) electrons. The van der Waals surface area contributed by atoms with Gasteiger partial charge in [0.05, 0.1) is 26.5 Å². The van der Waals surface area contributed by atoms with Crippen molar-refractivity contribution in [2.24, 2.45) is 0 Å². The number of fused-ring (bicyclic) bond motifs is 1. The molecule has 112 valence electrons. The van der Waals surface area contributed by atoms with Crippen LogP contribution < -0.4 is 14.4 Å². The Balaban J connectivity index is 2.67. The molecule has 1 N–H and O–H groups in total. The van der Waals surface area contributed by atoms with Gasteiger partial charge in [0.25, 0.3) is 0 Å². The normalized spacial score (nSPS) is 20.5. The minimum absolute atomic E-state index is 0.0191. The summed E-state index contributed by atoms with van der Waals surface area (Å²) >= 11 is 0. The SMILES string of the molecule is COc1ccc(OC)c2c1C(C)CC(C)(C)N2CCO. The van der Waals surface area contributed by atoms with Gasteiger partial charge in [0.1, 0.15) is 11.5 Å². The molecule has 0 fully saturated rings. The van der Waals surface area contributed by atoms with E-state index < -0.39 is 0 Å². The van der Waals surface area contributed by atoms with Crippen LogP contribution in [0.3, 0.4) is 0 Å². The van der Waals surface area contributed by atoms with E-state index in [0.717, 1.165) is 23.6 Å². The van der Waals surface area contributed by atoms with Crippen LogP contribution in [0.4, 0.5) is 5.69 Å². The van der Waals surface area contributed by atoms with E-state index in [4.69, 9.17) is 9.47 Å². The molecule has 1 heterocycles. The first-order valence-electron chi connectivity index (χ1n) is 7.09. The lowest BCUT2D eigenvalue weighted by Crippen LogP contribution is -2.49. The highest BCUT2D eigenvalue weighted by Gasteiger charge is 2.39. The molecule has 1 unspecified atom stereocenters. The van der Waals surface area contributed by atoms with Crippen molar-refractivity contribution in [2.45, 2.75) is 38.6 Å². The minimum Gasteiger partial charge on any atom is -0.496 e. The van der Waals surface area contributed by atoms with Crippen LogP contribution in [0.5, 0.6) is 11.5 Å². The van der Waals surface area contributed by atoms with Crippen molar-refractivity contribution < 1.29 is 14.6 Å². The van der Waals surface area contributed by atoms with Crippen molar-refractivity contribution in [1.29, 1.82) is 0 Å². The molecule has 0 aliphatic carbocycles. The van der Waals surface area contributed by atoms with Gasteiger partial charge >= 0.3 is 0 Å².